The molecule has 0 saturated carbocycles. The van der Waals surface area contributed by atoms with E-state index in [1.807, 2.05) is 23.1 Å². The summed E-state index contributed by atoms with van der Waals surface area (Å²) in [5, 5.41) is 1.12. The summed E-state index contributed by atoms with van der Waals surface area (Å²) in [6.07, 6.45) is 0.571. The van der Waals surface area contributed by atoms with E-state index >= 15 is 0 Å². The molecule has 1 aromatic carbocycles. The highest BCUT2D eigenvalue weighted by Gasteiger charge is 2.46. The average Bonchev–Trinajstić information content (AvgIpc) is 3.08. The van der Waals surface area contributed by atoms with Crippen molar-refractivity contribution in [3.63, 3.8) is 0 Å². The van der Waals surface area contributed by atoms with Gasteiger partial charge in [-0.2, -0.15) is 0 Å². The third-order valence-corrected chi connectivity index (χ3v) is 7.05. The average molecular weight is 400 g/mol. The fraction of sp³-hybridized carbons (Fsp3) is 0.545. The van der Waals surface area contributed by atoms with E-state index in [2.05, 4.69) is 42.8 Å². The second-order valence-corrected chi connectivity index (χ2v) is 9.58. The van der Waals surface area contributed by atoms with Crippen LogP contribution in [0.1, 0.15) is 40.5 Å². The number of amides is 1. The second kappa shape index (κ2) is 7.93. The SMILES string of the molecule is Cc1nc(C)c(CN2CCOCC3(CC(=O)N(C(C)c4ccccc4)C3)C2)s1. The molecule has 2 atom stereocenters. The predicted molar refractivity (Wildman–Crippen MR) is 111 cm³/mol. The van der Waals surface area contributed by atoms with E-state index in [1.165, 1.54) is 10.4 Å². The van der Waals surface area contributed by atoms with Crippen LogP contribution in [-0.4, -0.2) is 53.5 Å². The summed E-state index contributed by atoms with van der Waals surface area (Å²) in [6.45, 7) is 11.1. The van der Waals surface area contributed by atoms with Crippen molar-refractivity contribution in [3.8, 4) is 0 Å². The number of aryl methyl sites for hydroxylation is 2. The maximum absolute atomic E-state index is 12.9. The molecule has 1 spiro atoms. The van der Waals surface area contributed by atoms with Gasteiger partial charge in [0.25, 0.3) is 0 Å². The van der Waals surface area contributed by atoms with Crippen molar-refractivity contribution in [1.29, 1.82) is 0 Å². The Morgan fingerprint density at radius 1 is 1.25 bits per heavy atom. The largest absolute Gasteiger partial charge is 0.379 e. The molecule has 150 valence electrons. The highest BCUT2D eigenvalue weighted by Crippen LogP contribution is 2.39. The zero-order valence-corrected chi connectivity index (χ0v) is 17.8. The van der Waals surface area contributed by atoms with Gasteiger partial charge in [-0.15, -0.1) is 11.3 Å². The molecular formula is C22H29N3O2S. The molecule has 2 aromatic rings. The standard InChI is InChI=1S/C22H29N3O2S/c1-16-20(28-18(3)23-16)12-24-9-10-27-15-22(13-24)11-21(26)25(14-22)17(2)19-7-5-4-6-8-19/h4-8,17H,9-15H2,1-3H3. The molecule has 3 heterocycles. The van der Waals surface area contributed by atoms with Crippen molar-refractivity contribution >= 4 is 17.2 Å². The summed E-state index contributed by atoms with van der Waals surface area (Å²) in [5.74, 6) is 0.242. The van der Waals surface area contributed by atoms with Gasteiger partial charge >= 0.3 is 0 Å². The molecule has 1 amide bonds. The van der Waals surface area contributed by atoms with Crippen molar-refractivity contribution < 1.29 is 9.53 Å². The molecule has 28 heavy (non-hydrogen) atoms. The van der Waals surface area contributed by atoms with Gasteiger partial charge in [0.05, 0.1) is 30.0 Å². The Morgan fingerprint density at radius 2 is 2.04 bits per heavy atom. The Balaban J connectivity index is 1.50. The van der Waals surface area contributed by atoms with E-state index in [4.69, 9.17) is 4.74 Å². The molecule has 1 aromatic heterocycles. The van der Waals surface area contributed by atoms with E-state index in [-0.39, 0.29) is 17.4 Å². The van der Waals surface area contributed by atoms with Crippen LogP contribution in [0, 0.1) is 19.3 Å². The second-order valence-electron chi connectivity index (χ2n) is 8.29. The van der Waals surface area contributed by atoms with Gasteiger partial charge < -0.3 is 9.64 Å². The highest BCUT2D eigenvalue weighted by atomic mass is 32.1. The summed E-state index contributed by atoms with van der Waals surface area (Å²) >= 11 is 1.78. The molecule has 2 saturated heterocycles. The number of carbonyl (C=O) groups is 1. The van der Waals surface area contributed by atoms with Gasteiger partial charge in [0, 0.05) is 42.9 Å². The van der Waals surface area contributed by atoms with Crippen LogP contribution < -0.4 is 0 Å². The normalized spacial score (nSPS) is 24.7. The van der Waals surface area contributed by atoms with E-state index in [9.17, 15) is 4.79 Å². The molecule has 4 rings (SSSR count). The van der Waals surface area contributed by atoms with Crippen LogP contribution in [0.5, 0.6) is 0 Å². The summed E-state index contributed by atoms with van der Waals surface area (Å²) in [6, 6.07) is 10.4. The molecular weight excluding hydrogens is 370 g/mol. The molecule has 2 aliphatic rings. The van der Waals surface area contributed by atoms with Gasteiger partial charge in [-0.25, -0.2) is 4.98 Å². The van der Waals surface area contributed by atoms with Crippen LogP contribution in [0.4, 0.5) is 0 Å². The third kappa shape index (κ3) is 4.00. The zero-order valence-electron chi connectivity index (χ0n) is 17.0. The fourth-order valence-corrected chi connectivity index (χ4v) is 5.51. The number of thiazole rings is 1. The first-order chi connectivity index (χ1) is 13.5. The molecule has 5 nitrogen and oxygen atoms in total. The lowest BCUT2D eigenvalue weighted by molar-refractivity contribution is -0.129. The molecule has 0 N–H and O–H groups in total. The number of nitrogens with zero attached hydrogens (tertiary/aromatic N) is 3. The predicted octanol–water partition coefficient (Wildman–Crippen LogP) is 3.57. The van der Waals surface area contributed by atoms with Crippen LogP contribution in [-0.2, 0) is 16.1 Å². The number of ether oxygens (including phenoxy) is 1. The van der Waals surface area contributed by atoms with Gasteiger partial charge in [-0.3, -0.25) is 9.69 Å². The number of aromatic nitrogens is 1. The van der Waals surface area contributed by atoms with E-state index in [1.54, 1.807) is 11.3 Å². The van der Waals surface area contributed by atoms with Crippen LogP contribution in [0.2, 0.25) is 0 Å². The first-order valence-corrected chi connectivity index (χ1v) is 10.8. The molecule has 0 aliphatic carbocycles. The van der Waals surface area contributed by atoms with Gasteiger partial charge in [0.15, 0.2) is 0 Å². The molecule has 6 heteroatoms. The minimum Gasteiger partial charge on any atom is -0.379 e. The van der Waals surface area contributed by atoms with Crippen LogP contribution in [0.3, 0.4) is 0 Å². The van der Waals surface area contributed by atoms with Crippen LogP contribution in [0.15, 0.2) is 30.3 Å². The van der Waals surface area contributed by atoms with E-state index < -0.39 is 0 Å². The molecule has 2 aliphatic heterocycles. The summed E-state index contributed by atoms with van der Waals surface area (Å²) in [5.41, 5.74) is 2.20. The summed E-state index contributed by atoms with van der Waals surface area (Å²) in [7, 11) is 0. The van der Waals surface area contributed by atoms with Gasteiger partial charge in [0.2, 0.25) is 5.91 Å². The third-order valence-electron chi connectivity index (χ3n) is 5.99. The number of benzene rings is 1. The first-order valence-electron chi connectivity index (χ1n) is 10.0. The monoisotopic (exact) mass is 399 g/mol. The number of hydrogen-bond donors (Lipinski definition) is 0. The Hall–Kier alpha value is -1.76. The quantitative estimate of drug-likeness (QED) is 0.788. The van der Waals surface area contributed by atoms with Crippen molar-refractivity contribution in [2.75, 3.05) is 32.8 Å². The molecule has 2 fully saturated rings. The zero-order chi connectivity index (χ0) is 19.7. The first kappa shape index (κ1) is 19.6. The number of likely N-dealkylation sites (tertiary alicyclic amines) is 1. The molecule has 0 bridgehead atoms. The highest BCUT2D eigenvalue weighted by molar-refractivity contribution is 7.11. The Morgan fingerprint density at radius 3 is 2.75 bits per heavy atom. The van der Waals surface area contributed by atoms with E-state index in [0.717, 1.165) is 43.5 Å². The lowest BCUT2D eigenvalue weighted by atomic mass is 9.87. The van der Waals surface area contributed by atoms with Crippen LogP contribution in [0.25, 0.3) is 0 Å². The summed E-state index contributed by atoms with van der Waals surface area (Å²) < 4.78 is 5.98. The Kier molecular flexibility index (Phi) is 5.54. The minimum atomic E-state index is -0.121. The maximum atomic E-state index is 12.9. The Labute approximate surface area is 171 Å². The Bertz CT molecular complexity index is 838. The topological polar surface area (TPSA) is 45.7 Å². The van der Waals surface area contributed by atoms with Crippen molar-refractivity contribution in [3.05, 3.63) is 51.5 Å². The lowest BCUT2D eigenvalue weighted by Gasteiger charge is -2.32. The van der Waals surface area contributed by atoms with Crippen LogP contribution >= 0.6 is 11.3 Å². The van der Waals surface area contributed by atoms with Gasteiger partial charge in [-0.1, -0.05) is 30.3 Å². The lowest BCUT2D eigenvalue weighted by Crippen LogP contribution is -2.40. The van der Waals surface area contributed by atoms with Gasteiger partial charge in [-0.05, 0) is 26.3 Å². The molecule has 2 unspecified atom stereocenters. The maximum Gasteiger partial charge on any atom is 0.223 e. The van der Waals surface area contributed by atoms with Crippen molar-refractivity contribution in [2.24, 2.45) is 5.41 Å². The number of carbonyl (C=O) groups excluding carboxylic acids is 1. The van der Waals surface area contributed by atoms with E-state index in [0.29, 0.717) is 13.0 Å². The number of rotatable bonds is 4. The van der Waals surface area contributed by atoms with Gasteiger partial charge in [0.1, 0.15) is 0 Å². The van der Waals surface area contributed by atoms with Crippen molar-refractivity contribution in [1.82, 2.24) is 14.8 Å². The molecule has 0 radical (unpaired) electrons. The minimum absolute atomic E-state index is 0.0937. The fourth-order valence-electron chi connectivity index (χ4n) is 4.53. The smallest absolute Gasteiger partial charge is 0.223 e. The summed E-state index contributed by atoms with van der Waals surface area (Å²) in [4.78, 5) is 23.3. The van der Waals surface area contributed by atoms with Crippen molar-refractivity contribution in [2.45, 2.75) is 39.8 Å². The number of hydrogen-bond acceptors (Lipinski definition) is 5.